The zero-order chi connectivity index (χ0) is 12.4. The van der Waals surface area contributed by atoms with Gasteiger partial charge in [-0.15, -0.1) is 0 Å². The van der Waals surface area contributed by atoms with Crippen LogP contribution in [0.2, 0.25) is 0 Å². The van der Waals surface area contributed by atoms with Crippen LogP contribution in [-0.2, 0) is 9.84 Å². The first-order valence-corrected chi connectivity index (χ1v) is 6.45. The summed E-state index contributed by atoms with van der Waals surface area (Å²) in [5.41, 5.74) is -0.201. The van der Waals surface area contributed by atoms with Crippen molar-refractivity contribution < 1.29 is 12.8 Å². The molecule has 0 N–H and O–H groups in total. The Kier molecular flexibility index (Phi) is 3.53. The molecule has 1 rings (SSSR count). The maximum Gasteiger partial charge on any atom is 0.199 e. The number of sulfone groups is 1. The lowest BCUT2D eigenvalue weighted by molar-refractivity contribution is 0.543. The maximum absolute atomic E-state index is 12.6. The molecule has 0 radical (unpaired) electrons. The van der Waals surface area contributed by atoms with Crippen LogP contribution in [0.25, 0.3) is 0 Å². The molecule has 0 saturated carbocycles. The highest BCUT2D eigenvalue weighted by molar-refractivity contribution is 7.94. The van der Waals surface area contributed by atoms with Crippen LogP contribution in [0.15, 0.2) is 40.6 Å². The molecule has 0 spiro atoms. The fourth-order valence-electron chi connectivity index (χ4n) is 0.997. The van der Waals surface area contributed by atoms with Gasteiger partial charge >= 0.3 is 0 Å². The number of allylic oxidation sites excluding steroid dienone is 1. The summed E-state index contributed by atoms with van der Waals surface area (Å²) < 4.78 is 36.2. The minimum Gasteiger partial charge on any atom is -0.219 e. The van der Waals surface area contributed by atoms with Gasteiger partial charge in [0.2, 0.25) is 0 Å². The number of halogens is 1. The molecule has 0 aliphatic carbocycles. The van der Waals surface area contributed by atoms with Gasteiger partial charge in [-0.2, -0.15) is 0 Å². The molecule has 0 amide bonds. The van der Waals surface area contributed by atoms with Gasteiger partial charge in [0.1, 0.15) is 5.82 Å². The van der Waals surface area contributed by atoms with Gasteiger partial charge < -0.3 is 0 Å². The van der Waals surface area contributed by atoms with Crippen molar-refractivity contribution in [1.82, 2.24) is 0 Å². The van der Waals surface area contributed by atoms with E-state index in [0.29, 0.717) is 0 Å². The normalized spacial score (nSPS) is 13.2. The molecule has 0 heterocycles. The summed E-state index contributed by atoms with van der Waals surface area (Å²) in [6, 6.07) is 4.80. The average Bonchev–Trinajstić information content (AvgIpc) is 2.15. The summed E-state index contributed by atoms with van der Waals surface area (Å²) in [6.07, 6.45) is 1.62. The van der Waals surface area contributed by atoms with Crippen molar-refractivity contribution in [1.29, 1.82) is 0 Å². The molecule has 0 atom stereocenters. The molecule has 0 aromatic heterocycles. The van der Waals surface area contributed by atoms with E-state index in [4.69, 9.17) is 0 Å². The Morgan fingerprint density at radius 1 is 1.12 bits per heavy atom. The van der Waals surface area contributed by atoms with Crippen molar-refractivity contribution in [3.8, 4) is 0 Å². The van der Waals surface area contributed by atoms with Crippen molar-refractivity contribution in [3.05, 3.63) is 41.6 Å². The summed E-state index contributed by atoms with van der Waals surface area (Å²) >= 11 is 0. The fourth-order valence-corrected chi connectivity index (χ4v) is 2.26. The van der Waals surface area contributed by atoms with Gasteiger partial charge in [-0.25, -0.2) is 12.8 Å². The van der Waals surface area contributed by atoms with Crippen molar-refractivity contribution in [2.75, 3.05) is 0 Å². The van der Waals surface area contributed by atoms with E-state index in [1.807, 2.05) is 20.8 Å². The van der Waals surface area contributed by atoms with Crippen LogP contribution < -0.4 is 0 Å². The summed E-state index contributed by atoms with van der Waals surface area (Å²) in [6.45, 7) is 5.72. The van der Waals surface area contributed by atoms with Gasteiger partial charge in [0, 0.05) is 5.41 Å². The SMILES string of the molecule is CC(C)(C)/C=C/S(=O)(=O)c1ccc(F)cc1. The Balaban J connectivity index is 3.04. The molecule has 4 heteroatoms. The van der Waals surface area contributed by atoms with Gasteiger partial charge in [0.25, 0.3) is 0 Å². The highest BCUT2D eigenvalue weighted by Gasteiger charge is 2.12. The standard InChI is InChI=1S/C12H15FO2S/c1-12(2,3)8-9-16(14,15)11-6-4-10(13)5-7-11/h4-9H,1-3H3/b9-8+. The van der Waals surface area contributed by atoms with E-state index in [0.717, 1.165) is 12.1 Å². The Bertz CT molecular complexity index is 479. The maximum atomic E-state index is 12.6. The van der Waals surface area contributed by atoms with Crippen LogP contribution in [0.5, 0.6) is 0 Å². The summed E-state index contributed by atoms with van der Waals surface area (Å²) in [4.78, 5) is 0.106. The zero-order valence-electron chi connectivity index (χ0n) is 9.57. The highest BCUT2D eigenvalue weighted by Crippen LogP contribution is 2.19. The van der Waals surface area contributed by atoms with E-state index < -0.39 is 15.7 Å². The van der Waals surface area contributed by atoms with E-state index in [9.17, 15) is 12.8 Å². The van der Waals surface area contributed by atoms with Crippen LogP contribution >= 0.6 is 0 Å². The number of rotatable bonds is 2. The molecule has 0 fully saturated rings. The molecule has 0 bridgehead atoms. The number of hydrogen-bond donors (Lipinski definition) is 0. The first kappa shape index (κ1) is 12.9. The van der Waals surface area contributed by atoms with Gasteiger partial charge in [0.15, 0.2) is 9.84 Å². The minimum absolute atomic E-state index is 0.106. The molecular weight excluding hydrogens is 227 g/mol. The largest absolute Gasteiger partial charge is 0.219 e. The smallest absolute Gasteiger partial charge is 0.199 e. The van der Waals surface area contributed by atoms with E-state index in [2.05, 4.69) is 0 Å². The van der Waals surface area contributed by atoms with Crippen molar-refractivity contribution in [3.63, 3.8) is 0 Å². The van der Waals surface area contributed by atoms with Crippen LogP contribution in [0.4, 0.5) is 4.39 Å². The van der Waals surface area contributed by atoms with Crippen molar-refractivity contribution in [2.24, 2.45) is 5.41 Å². The molecule has 0 aliphatic rings. The molecule has 0 saturated heterocycles. The fraction of sp³-hybridized carbons (Fsp3) is 0.333. The van der Waals surface area contributed by atoms with Crippen LogP contribution in [0, 0.1) is 11.2 Å². The molecule has 16 heavy (non-hydrogen) atoms. The summed E-state index contributed by atoms with van der Waals surface area (Å²) in [7, 11) is -3.46. The van der Waals surface area contributed by atoms with Gasteiger partial charge in [-0.05, 0) is 29.7 Å². The lowest BCUT2D eigenvalue weighted by atomic mass is 9.98. The topological polar surface area (TPSA) is 34.1 Å². The van der Waals surface area contributed by atoms with Crippen LogP contribution in [0.1, 0.15) is 20.8 Å². The summed E-state index contributed by atoms with van der Waals surface area (Å²) in [5, 5.41) is 1.17. The Labute approximate surface area is 95.7 Å². The second-order valence-corrected chi connectivity index (χ2v) is 6.50. The monoisotopic (exact) mass is 242 g/mol. The Morgan fingerprint density at radius 2 is 1.62 bits per heavy atom. The van der Waals surface area contributed by atoms with Crippen molar-refractivity contribution in [2.45, 2.75) is 25.7 Å². The third kappa shape index (κ3) is 3.77. The van der Waals surface area contributed by atoms with Gasteiger partial charge in [-0.3, -0.25) is 0 Å². The highest BCUT2D eigenvalue weighted by atomic mass is 32.2. The molecule has 1 aromatic carbocycles. The summed E-state index contributed by atoms with van der Waals surface area (Å²) in [5.74, 6) is -0.446. The molecule has 0 unspecified atom stereocenters. The predicted octanol–water partition coefficient (Wildman–Crippen LogP) is 3.16. The average molecular weight is 242 g/mol. The lowest BCUT2D eigenvalue weighted by Crippen LogP contribution is -2.02. The predicted molar refractivity (Wildman–Crippen MR) is 62.2 cm³/mol. The molecule has 0 aliphatic heterocycles. The van der Waals surface area contributed by atoms with E-state index in [1.165, 1.54) is 17.5 Å². The quantitative estimate of drug-likeness (QED) is 0.746. The molecule has 88 valence electrons. The van der Waals surface area contributed by atoms with Crippen LogP contribution in [-0.4, -0.2) is 8.42 Å². The minimum atomic E-state index is -3.46. The lowest BCUT2D eigenvalue weighted by Gasteiger charge is -2.10. The first-order valence-electron chi connectivity index (χ1n) is 4.91. The van der Waals surface area contributed by atoms with E-state index in [-0.39, 0.29) is 10.3 Å². The van der Waals surface area contributed by atoms with Crippen molar-refractivity contribution >= 4 is 9.84 Å². The second-order valence-electron chi connectivity index (χ2n) is 4.67. The van der Waals surface area contributed by atoms with E-state index >= 15 is 0 Å². The first-order chi connectivity index (χ1) is 7.21. The molecule has 2 nitrogen and oxygen atoms in total. The Hall–Kier alpha value is -1.16. The number of hydrogen-bond acceptors (Lipinski definition) is 2. The molecular formula is C12H15FO2S. The van der Waals surface area contributed by atoms with Gasteiger partial charge in [-0.1, -0.05) is 26.8 Å². The zero-order valence-corrected chi connectivity index (χ0v) is 10.4. The van der Waals surface area contributed by atoms with E-state index in [1.54, 1.807) is 6.08 Å². The van der Waals surface area contributed by atoms with Gasteiger partial charge in [0.05, 0.1) is 4.90 Å². The molecule has 1 aromatic rings. The second kappa shape index (κ2) is 4.37. The Morgan fingerprint density at radius 3 is 2.06 bits per heavy atom. The van der Waals surface area contributed by atoms with Crippen LogP contribution in [0.3, 0.4) is 0 Å². The third-order valence-electron chi connectivity index (χ3n) is 1.89. The number of benzene rings is 1. The third-order valence-corrected chi connectivity index (χ3v) is 3.31.